The van der Waals surface area contributed by atoms with Gasteiger partial charge in [-0.25, -0.2) is 0 Å². The smallest absolute Gasteiger partial charge is 0.135 e. The van der Waals surface area contributed by atoms with Crippen molar-refractivity contribution in [1.29, 1.82) is 0 Å². The molecule has 2 heterocycles. The van der Waals surface area contributed by atoms with Crippen LogP contribution in [0.2, 0.25) is 0 Å². The van der Waals surface area contributed by atoms with E-state index in [0.29, 0.717) is 6.61 Å². The van der Waals surface area contributed by atoms with Crippen LogP contribution in [-0.2, 0) is 15.1 Å². The average Bonchev–Trinajstić information content (AvgIpc) is 2.65. The first-order valence-corrected chi connectivity index (χ1v) is 5.25. The van der Waals surface area contributed by atoms with Crippen molar-refractivity contribution < 1.29 is 9.47 Å². The molecule has 0 bridgehead atoms. The van der Waals surface area contributed by atoms with E-state index >= 15 is 0 Å². The molecule has 0 aliphatic carbocycles. The summed E-state index contributed by atoms with van der Waals surface area (Å²) in [7, 11) is 1.73. The summed E-state index contributed by atoms with van der Waals surface area (Å²) in [5.74, 6) is 0. The summed E-state index contributed by atoms with van der Waals surface area (Å²) in [6.07, 6.45) is 0.888. The zero-order valence-electron chi connectivity index (χ0n) is 9.54. The summed E-state index contributed by atoms with van der Waals surface area (Å²) in [5.41, 5.74) is 2.94. The molecule has 1 aromatic heterocycles. The van der Waals surface area contributed by atoms with Crippen molar-refractivity contribution in [3.63, 3.8) is 0 Å². The Balaban J connectivity index is 2.42. The SMILES string of the molecule is COC1(c2cc(C)cc(C)n2)CCOC1. The number of methoxy groups -OCH3 is 1. The molecule has 2 rings (SSSR count). The minimum absolute atomic E-state index is 0.323. The maximum Gasteiger partial charge on any atom is 0.135 e. The van der Waals surface area contributed by atoms with Gasteiger partial charge < -0.3 is 9.47 Å². The Bertz CT molecular complexity index is 336. The molecule has 0 saturated carbocycles. The molecule has 1 saturated heterocycles. The molecular formula is C12H17NO2. The first-order valence-electron chi connectivity index (χ1n) is 5.25. The summed E-state index contributed by atoms with van der Waals surface area (Å²) >= 11 is 0. The number of ether oxygens (including phenoxy) is 2. The summed E-state index contributed by atoms with van der Waals surface area (Å²) in [5, 5.41) is 0. The lowest BCUT2D eigenvalue weighted by atomic mass is 9.96. The van der Waals surface area contributed by atoms with Crippen molar-refractivity contribution >= 4 is 0 Å². The predicted octanol–water partition coefficient (Wildman–Crippen LogP) is 1.96. The maximum atomic E-state index is 5.61. The van der Waals surface area contributed by atoms with E-state index in [1.54, 1.807) is 7.11 Å². The van der Waals surface area contributed by atoms with Gasteiger partial charge in [0.15, 0.2) is 0 Å². The van der Waals surface area contributed by atoms with Crippen LogP contribution in [0.15, 0.2) is 12.1 Å². The minimum atomic E-state index is -0.323. The van der Waals surface area contributed by atoms with E-state index in [1.165, 1.54) is 5.56 Å². The van der Waals surface area contributed by atoms with Crippen molar-refractivity contribution in [2.24, 2.45) is 0 Å². The highest BCUT2D eigenvalue weighted by molar-refractivity contribution is 5.24. The fourth-order valence-electron chi connectivity index (χ4n) is 2.09. The minimum Gasteiger partial charge on any atom is -0.378 e. The van der Waals surface area contributed by atoms with Crippen molar-refractivity contribution in [3.8, 4) is 0 Å². The third-order valence-corrected chi connectivity index (χ3v) is 2.94. The van der Waals surface area contributed by atoms with Gasteiger partial charge in [0.2, 0.25) is 0 Å². The molecule has 1 fully saturated rings. The highest BCUT2D eigenvalue weighted by atomic mass is 16.5. The van der Waals surface area contributed by atoms with Crippen molar-refractivity contribution in [2.45, 2.75) is 25.9 Å². The molecule has 0 aromatic carbocycles. The van der Waals surface area contributed by atoms with E-state index in [9.17, 15) is 0 Å². The van der Waals surface area contributed by atoms with Crippen LogP contribution >= 0.6 is 0 Å². The highest BCUT2D eigenvalue weighted by Crippen LogP contribution is 2.33. The van der Waals surface area contributed by atoms with Gasteiger partial charge in [-0.05, 0) is 31.5 Å². The van der Waals surface area contributed by atoms with Gasteiger partial charge in [-0.1, -0.05) is 0 Å². The fraction of sp³-hybridized carbons (Fsp3) is 0.583. The van der Waals surface area contributed by atoms with E-state index in [2.05, 4.69) is 24.0 Å². The van der Waals surface area contributed by atoms with Gasteiger partial charge in [0.1, 0.15) is 5.60 Å². The van der Waals surface area contributed by atoms with Gasteiger partial charge in [0.05, 0.1) is 12.3 Å². The van der Waals surface area contributed by atoms with E-state index in [0.717, 1.165) is 24.4 Å². The maximum absolute atomic E-state index is 5.61. The number of aromatic nitrogens is 1. The Morgan fingerprint density at radius 2 is 2.20 bits per heavy atom. The first-order chi connectivity index (χ1) is 7.16. The average molecular weight is 207 g/mol. The number of hydrogen-bond acceptors (Lipinski definition) is 3. The third-order valence-electron chi connectivity index (χ3n) is 2.94. The molecule has 15 heavy (non-hydrogen) atoms. The second kappa shape index (κ2) is 3.91. The van der Waals surface area contributed by atoms with Crippen LogP contribution in [0, 0.1) is 13.8 Å². The molecule has 0 radical (unpaired) electrons. The summed E-state index contributed by atoms with van der Waals surface area (Å²) in [4.78, 5) is 4.55. The van der Waals surface area contributed by atoms with Crippen LogP contribution in [0.25, 0.3) is 0 Å². The molecule has 3 heteroatoms. The normalized spacial score (nSPS) is 25.8. The second-order valence-corrected chi connectivity index (χ2v) is 4.17. The molecule has 82 valence electrons. The van der Waals surface area contributed by atoms with E-state index < -0.39 is 0 Å². The lowest BCUT2D eigenvalue weighted by Crippen LogP contribution is -2.30. The molecule has 1 aromatic rings. The van der Waals surface area contributed by atoms with Gasteiger partial charge in [0.25, 0.3) is 0 Å². The van der Waals surface area contributed by atoms with Crippen molar-refractivity contribution in [2.75, 3.05) is 20.3 Å². The predicted molar refractivity (Wildman–Crippen MR) is 57.8 cm³/mol. The Labute approximate surface area is 90.4 Å². The zero-order chi connectivity index (χ0) is 10.9. The summed E-state index contributed by atoms with van der Waals surface area (Å²) in [6.45, 7) is 5.45. The molecule has 1 aliphatic rings. The third kappa shape index (κ3) is 1.90. The molecule has 0 amide bonds. The van der Waals surface area contributed by atoms with Gasteiger partial charge in [-0.2, -0.15) is 0 Å². The van der Waals surface area contributed by atoms with Crippen LogP contribution in [0.3, 0.4) is 0 Å². The van der Waals surface area contributed by atoms with Crippen LogP contribution in [0.1, 0.15) is 23.4 Å². The highest BCUT2D eigenvalue weighted by Gasteiger charge is 2.38. The van der Waals surface area contributed by atoms with E-state index in [4.69, 9.17) is 9.47 Å². The molecule has 1 unspecified atom stereocenters. The Morgan fingerprint density at radius 1 is 1.40 bits per heavy atom. The van der Waals surface area contributed by atoms with Gasteiger partial charge in [-0.15, -0.1) is 0 Å². The largest absolute Gasteiger partial charge is 0.378 e. The Morgan fingerprint density at radius 3 is 2.73 bits per heavy atom. The standard InChI is InChI=1S/C12H17NO2/c1-9-6-10(2)13-11(7-9)12(14-3)4-5-15-8-12/h6-7H,4-5,8H2,1-3H3. The number of aryl methyl sites for hydroxylation is 2. The topological polar surface area (TPSA) is 31.4 Å². The molecule has 0 spiro atoms. The zero-order valence-corrected chi connectivity index (χ0v) is 9.54. The van der Waals surface area contributed by atoms with Gasteiger partial charge in [0, 0.05) is 25.8 Å². The lowest BCUT2D eigenvalue weighted by molar-refractivity contribution is -0.0247. The molecular weight excluding hydrogens is 190 g/mol. The number of pyridine rings is 1. The molecule has 1 aliphatic heterocycles. The number of nitrogens with zero attached hydrogens (tertiary/aromatic N) is 1. The summed E-state index contributed by atoms with van der Waals surface area (Å²) in [6, 6.07) is 4.16. The first kappa shape index (κ1) is 10.6. The van der Waals surface area contributed by atoms with Crippen molar-refractivity contribution in [1.82, 2.24) is 4.98 Å². The lowest BCUT2D eigenvalue weighted by Gasteiger charge is -2.25. The second-order valence-electron chi connectivity index (χ2n) is 4.17. The van der Waals surface area contributed by atoms with Crippen molar-refractivity contribution in [3.05, 3.63) is 29.1 Å². The van der Waals surface area contributed by atoms with Crippen LogP contribution < -0.4 is 0 Å². The number of rotatable bonds is 2. The molecule has 0 N–H and O–H groups in total. The Kier molecular flexibility index (Phi) is 2.76. The summed E-state index contributed by atoms with van der Waals surface area (Å²) < 4.78 is 11.0. The molecule has 1 atom stereocenters. The molecule has 3 nitrogen and oxygen atoms in total. The van der Waals surface area contributed by atoms with E-state index in [-0.39, 0.29) is 5.60 Å². The van der Waals surface area contributed by atoms with Crippen LogP contribution in [0.4, 0.5) is 0 Å². The number of hydrogen-bond donors (Lipinski definition) is 0. The van der Waals surface area contributed by atoms with Crippen LogP contribution in [-0.4, -0.2) is 25.3 Å². The quantitative estimate of drug-likeness (QED) is 0.743. The Hall–Kier alpha value is -0.930. The van der Waals surface area contributed by atoms with Gasteiger partial charge in [-0.3, -0.25) is 4.98 Å². The van der Waals surface area contributed by atoms with Crippen LogP contribution in [0.5, 0.6) is 0 Å². The van der Waals surface area contributed by atoms with E-state index in [1.807, 2.05) is 6.92 Å². The van der Waals surface area contributed by atoms with Gasteiger partial charge >= 0.3 is 0 Å². The fourth-order valence-corrected chi connectivity index (χ4v) is 2.09. The monoisotopic (exact) mass is 207 g/mol.